The van der Waals surface area contributed by atoms with Crippen molar-refractivity contribution < 1.29 is 62.5 Å². The van der Waals surface area contributed by atoms with Crippen molar-refractivity contribution in [1.29, 1.82) is 0 Å². The number of aromatic hydroxyl groups is 1. The molecule has 2 aliphatic heterocycles. The van der Waals surface area contributed by atoms with Crippen LogP contribution >= 0.6 is 0 Å². The van der Waals surface area contributed by atoms with Gasteiger partial charge in [-0.25, -0.2) is 19.4 Å². The molecule has 23 heteroatoms. The van der Waals surface area contributed by atoms with Crippen molar-refractivity contribution in [3.63, 3.8) is 0 Å². The smallest absolute Gasteiger partial charge is 0.415 e. The predicted octanol–water partition coefficient (Wildman–Crippen LogP) is 5.62. The Labute approximate surface area is 446 Å². The molecule has 404 valence electrons. The lowest BCUT2D eigenvalue weighted by atomic mass is 9.97. The highest BCUT2D eigenvalue weighted by atomic mass is 16.6. The van der Waals surface area contributed by atoms with Gasteiger partial charge in [0.15, 0.2) is 0 Å². The van der Waals surface area contributed by atoms with E-state index in [9.17, 15) is 48.3 Å². The molecule has 0 radical (unpaired) electrons. The molecule has 0 spiro atoms. The number of hydrogen-bond acceptors (Lipinski definition) is 14. The zero-order valence-corrected chi connectivity index (χ0v) is 43.2. The number of anilines is 3. The van der Waals surface area contributed by atoms with E-state index in [1.807, 2.05) is 25.1 Å². The number of carbonyl (C=O) groups is 9. The Morgan fingerprint density at radius 1 is 0.833 bits per heavy atom. The van der Waals surface area contributed by atoms with Crippen LogP contribution in [0.1, 0.15) is 51.4 Å². The lowest BCUT2D eigenvalue weighted by Crippen LogP contribution is -2.51. The molecule has 0 fully saturated rings. The van der Waals surface area contributed by atoms with Gasteiger partial charge in [-0.05, 0) is 89.9 Å². The fraction of sp³-hybridized carbons (Fsp3) is 0.273. The largest absolute Gasteiger partial charge is 0.508 e. The minimum Gasteiger partial charge on any atom is -0.508 e. The topological polar surface area (TPSA) is 291 Å². The van der Waals surface area contributed by atoms with Crippen LogP contribution in [0.3, 0.4) is 0 Å². The van der Waals surface area contributed by atoms with Crippen LogP contribution in [0.4, 0.5) is 31.4 Å². The highest BCUT2D eigenvalue weighted by Crippen LogP contribution is 2.42. The Hall–Kier alpha value is -9.80. The molecule has 0 aliphatic carbocycles. The van der Waals surface area contributed by atoms with Crippen molar-refractivity contribution in [3.05, 3.63) is 131 Å². The van der Waals surface area contributed by atoms with Gasteiger partial charge in [0.05, 0.1) is 30.7 Å². The second-order valence-corrected chi connectivity index (χ2v) is 18.8. The quantitative estimate of drug-likeness (QED) is 0.0571. The van der Waals surface area contributed by atoms with Gasteiger partial charge in [-0.1, -0.05) is 44.2 Å². The number of rotatable bonds is 18. The van der Waals surface area contributed by atoms with Crippen LogP contribution < -0.4 is 30.9 Å². The number of H-pyrrole nitrogens is 1. The molecule has 6 aromatic rings. The Morgan fingerprint density at radius 2 is 1.54 bits per heavy atom. The van der Waals surface area contributed by atoms with E-state index < -0.39 is 60.4 Å². The van der Waals surface area contributed by atoms with Crippen molar-refractivity contribution in [2.75, 3.05) is 69.0 Å². The minimum absolute atomic E-state index is 0.0367. The maximum absolute atomic E-state index is 14.2. The Kier molecular flexibility index (Phi) is 16.6. The molecular formula is C55H56N10O13. The van der Waals surface area contributed by atoms with Gasteiger partial charge in [0.25, 0.3) is 23.6 Å². The summed E-state index contributed by atoms with van der Waals surface area (Å²) in [6.45, 7) is 4.90. The number of pyridine rings is 1. The van der Waals surface area contributed by atoms with Crippen molar-refractivity contribution >= 4 is 92.6 Å². The summed E-state index contributed by atoms with van der Waals surface area (Å²) in [6.07, 6.45) is 1.96. The molecule has 2 aromatic heterocycles. The van der Waals surface area contributed by atoms with Gasteiger partial charge < -0.3 is 60.3 Å². The van der Waals surface area contributed by atoms with Gasteiger partial charge in [-0.3, -0.25) is 33.7 Å². The lowest BCUT2D eigenvalue weighted by Gasteiger charge is -2.23. The number of aryl methyl sites for hydroxylation is 1. The summed E-state index contributed by atoms with van der Waals surface area (Å²) < 4.78 is 16.6. The van der Waals surface area contributed by atoms with E-state index >= 15 is 0 Å². The van der Waals surface area contributed by atoms with Crippen LogP contribution in [-0.2, 0) is 41.7 Å². The van der Waals surface area contributed by atoms with Crippen LogP contribution in [0.5, 0.6) is 11.5 Å². The van der Waals surface area contributed by atoms with E-state index in [0.717, 1.165) is 33.6 Å². The second-order valence-electron chi connectivity index (χ2n) is 18.8. The zero-order chi connectivity index (χ0) is 55.8. The number of amides is 9. The van der Waals surface area contributed by atoms with Crippen LogP contribution in [0.15, 0.2) is 103 Å². The molecule has 1 atom stereocenters. The third-order valence-electron chi connectivity index (χ3n) is 12.9. The number of nitrogens with one attached hydrogen (secondary N) is 5. The molecule has 1 unspecified atom stereocenters. The second kappa shape index (κ2) is 23.8. The first-order valence-corrected chi connectivity index (χ1v) is 24.7. The van der Waals surface area contributed by atoms with Crippen LogP contribution in [0.2, 0.25) is 0 Å². The lowest BCUT2D eigenvalue weighted by molar-refractivity contribution is -0.137. The number of nitrogens with zero attached hydrogens (tertiary/aromatic N) is 5. The van der Waals surface area contributed by atoms with Crippen molar-refractivity contribution in [1.82, 2.24) is 35.3 Å². The molecule has 4 heterocycles. The minimum atomic E-state index is -1.05. The van der Waals surface area contributed by atoms with E-state index in [1.54, 1.807) is 61.2 Å². The van der Waals surface area contributed by atoms with Crippen molar-refractivity contribution in [3.8, 4) is 11.5 Å². The molecule has 9 amide bonds. The highest BCUT2D eigenvalue weighted by Gasteiger charge is 2.32. The first-order chi connectivity index (χ1) is 37.3. The molecule has 0 bridgehead atoms. The summed E-state index contributed by atoms with van der Waals surface area (Å²) in [5.41, 5.74) is 4.91. The number of ether oxygens (including phenoxy) is 3. The number of benzene rings is 4. The fourth-order valence-corrected chi connectivity index (χ4v) is 8.65. The number of likely N-dealkylation sites (N-methyl/N-ethyl adjacent to an activating group) is 2. The molecule has 0 saturated carbocycles. The normalized spacial score (nSPS) is 13.1. The number of phenolic OH excluding ortho intramolecular Hbond substituents is 1. The van der Waals surface area contributed by atoms with Crippen molar-refractivity contribution in [2.45, 2.75) is 39.8 Å². The maximum Gasteiger partial charge on any atom is 0.415 e. The van der Waals surface area contributed by atoms with E-state index in [4.69, 9.17) is 14.2 Å². The summed E-state index contributed by atoms with van der Waals surface area (Å²) in [5.74, 6) is -3.06. The molecule has 0 saturated heterocycles. The van der Waals surface area contributed by atoms with E-state index in [1.165, 1.54) is 54.4 Å². The first-order valence-electron chi connectivity index (χ1n) is 24.7. The number of phenols is 1. The number of carbonyl (C=O) groups excluding carboxylic acids is 9. The summed E-state index contributed by atoms with van der Waals surface area (Å²) in [6, 6.07) is 22.0. The average molecular weight is 1070 g/mol. The van der Waals surface area contributed by atoms with E-state index in [0.29, 0.717) is 57.6 Å². The summed E-state index contributed by atoms with van der Waals surface area (Å²) >= 11 is 0. The molecule has 8 rings (SSSR count). The fourth-order valence-electron chi connectivity index (χ4n) is 8.65. The van der Waals surface area contributed by atoms with Crippen LogP contribution in [0.25, 0.3) is 21.8 Å². The van der Waals surface area contributed by atoms with Crippen molar-refractivity contribution in [2.24, 2.45) is 5.92 Å². The molecule has 78 heavy (non-hydrogen) atoms. The number of imide groups is 1. The number of fused-ring (bicyclic) bond motifs is 4. The number of alkyl carbamates (subject to hydrolysis) is 1. The SMILES string of the molecule is Cc1cccc2c(OC(=O)N(C)CCN(C)C(=O)OCc3ccc(NC(=O)CNC(=O)C(NC(=O)OCCN4C(=O)C=CC4=O)C(C)C)cc3)cc3c(c12)CCN3C(=O)c1cc2cc(NC(=O)c3ccc(O)cc3)cnc2[nH]1. The van der Waals surface area contributed by atoms with Gasteiger partial charge >= 0.3 is 18.3 Å². The van der Waals surface area contributed by atoms with Gasteiger partial charge in [0, 0.05) is 74.0 Å². The molecule has 4 aromatic carbocycles. The van der Waals surface area contributed by atoms with Gasteiger partial charge in [-0.15, -0.1) is 0 Å². The standard InChI is InChI=1S/C55H56N10O13/c1-31(2)48(61-53(73)76-24-23-65-45(68)17-18-46(65)69)51(71)57-29-44(67)58-36-13-9-33(10-14-36)30-77-54(74)62(4)21-22-63(5)55(75)78-43-27-42-39(47-32(3)7-6-8-40(43)47)19-20-64(42)52(72)41-26-35-25-37(28-56-49(35)60-41)59-50(70)34-11-15-38(66)16-12-34/h6-18,25-28,31,48,66H,19-24,29-30H2,1-5H3,(H,56,60)(H,57,71)(H,58,67)(H,59,70)(H,61,73). The third-order valence-corrected chi connectivity index (χ3v) is 12.9. The Bertz CT molecular complexity index is 3360. The van der Waals surface area contributed by atoms with E-state index in [-0.39, 0.29) is 61.9 Å². The average Bonchev–Trinajstić information content (AvgIpc) is 4.23. The number of aromatic nitrogens is 2. The number of hydrogen-bond donors (Lipinski definition) is 6. The van der Waals surface area contributed by atoms with Gasteiger partial charge in [0.2, 0.25) is 11.8 Å². The molecule has 6 N–H and O–H groups in total. The Morgan fingerprint density at radius 3 is 2.24 bits per heavy atom. The summed E-state index contributed by atoms with van der Waals surface area (Å²) in [7, 11) is 3.06. The number of aromatic amines is 1. The predicted molar refractivity (Wildman–Crippen MR) is 285 cm³/mol. The van der Waals surface area contributed by atoms with Gasteiger partial charge in [0.1, 0.15) is 42.1 Å². The first kappa shape index (κ1) is 54.5. The highest BCUT2D eigenvalue weighted by molar-refractivity contribution is 6.13. The monoisotopic (exact) mass is 1060 g/mol. The van der Waals surface area contributed by atoms with Gasteiger partial charge in [-0.2, -0.15) is 0 Å². The maximum atomic E-state index is 14.2. The molecule has 2 aliphatic rings. The zero-order valence-electron chi connectivity index (χ0n) is 43.2. The molecular weight excluding hydrogens is 1010 g/mol. The van der Waals surface area contributed by atoms with Crippen LogP contribution in [-0.4, -0.2) is 143 Å². The van der Waals surface area contributed by atoms with E-state index in [2.05, 4.69) is 31.2 Å². The summed E-state index contributed by atoms with van der Waals surface area (Å²) in [5, 5.41) is 22.1. The Balaban J connectivity index is 0.794. The molecule has 23 nitrogen and oxygen atoms in total. The summed E-state index contributed by atoms with van der Waals surface area (Å²) in [4.78, 5) is 128. The van der Waals surface area contributed by atoms with Crippen LogP contribution in [0, 0.1) is 12.8 Å². The third kappa shape index (κ3) is 12.8.